The van der Waals surface area contributed by atoms with E-state index >= 15 is 0 Å². The minimum atomic E-state index is -5.27. The first-order valence-electron chi connectivity index (χ1n) is 7.15. The zero-order valence-electron chi connectivity index (χ0n) is 12.9. The summed E-state index contributed by atoms with van der Waals surface area (Å²) >= 11 is 0. The van der Waals surface area contributed by atoms with Crippen LogP contribution < -0.4 is 5.73 Å². The van der Waals surface area contributed by atoms with Gasteiger partial charge in [0, 0.05) is 0 Å². The molecule has 1 saturated heterocycles. The number of ether oxygens (including phenoxy) is 2. The fourth-order valence-corrected chi connectivity index (χ4v) is 2.88. The fraction of sp³-hybridized carbons (Fsp3) is 0.750. The van der Waals surface area contributed by atoms with Gasteiger partial charge >= 0.3 is 6.36 Å². The molecule has 3 aliphatic heterocycles. The van der Waals surface area contributed by atoms with E-state index in [4.69, 9.17) is 10.5 Å². The van der Waals surface area contributed by atoms with E-state index in [0.717, 1.165) is 11.2 Å². The SMILES string of the molecule is CC1(N)N=CN=C2C1=NCN2[C@@H]1O[C@H](CO)[C@@H](O)[C@]1(O)OC(F)(F)F. The van der Waals surface area contributed by atoms with Crippen molar-refractivity contribution >= 4 is 17.9 Å². The van der Waals surface area contributed by atoms with E-state index in [1.54, 1.807) is 0 Å². The smallest absolute Gasteiger partial charge is 0.394 e. The predicted octanol–water partition coefficient (Wildman–Crippen LogP) is -1.88. The molecule has 0 spiro atoms. The highest BCUT2D eigenvalue weighted by Crippen LogP contribution is 2.40. The molecular weight excluding hydrogens is 351 g/mol. The number of halogens is 3. The Hall–Kier alpha value is -1.64. The third-order valence-electron chi connectivity index (χ3n) is 4.03. The molecule has 3 heterocycles. The monoisotopic (exact) mass is 367 g/mol. The molecule has 0 aromatic heterocycles. The van der Waals surface area contributed by atoms with Gasteiger partial charge in [0.15, 0.2) is 17.7 Å². The molecule has 0 aromatic carbocycles. The van der Waals surface area contributed by atoms with Gasteiger partial charge in [-0.3, -0.25) is 9.73 Å². The Morgan fingerprint density at radius 3 is 2.80 bits per heavy atom. The largest absolute Gasteiger partial charge is 0.525 e. The Morgan fingerprint density at radius 2 is 2.20 bits per heavy atom. The first-order valence-corrected chi connectivity index (χ1v) is 7.15. The minimum absolute atomic E-state index is 0.0278. The lowest BCUT2D eigenvalue weighted by Gasteiger charge is -2.37. The molecule has 1 unspecified atom stereocenters. The number of hydrogen-bond acceptors (Lipinski definition) is 10. The van der Waals surface area contributed by atoms with Crippen LogP contribution in [0.4, 0.5) is 13.2 Å². The molecule has 13 heteroatoms. The standard InChI is InChI=1S/C12H16F3N5O5/c1-10(16)6-8(17-3-19-10)20(4-18-6)9-11(23,25-12(13,14)15)7(22)5(2-21)24-9/h3,5,7,9,21-23H,2,4,16H2,1H3/t5-,7-,9-,10?,11+/m1/s1. The Labute approximate surface area is 139 Å². The molecule has 3 aliphatic rings. The second-order valence-corrected chi connectivity index (χ2v) is 5.92. The number of aliphatic hydroxyl groups is 3. The average Bonchev–Trinajstić information content (AvgIpc) is 2.99. The summed E-state index contributed by atoms with van der Waals surface area (Å²) in [7, 11) is 0. The number of alkyl halides is 3. The zero-order valence-corrected chi connectivity index (χ0v) is 12.9. The van der Waals surface area contributed by atoms with Crippen LogP contribution in [0.3, 0.4) is 0 Å². The molecule has 140 valence electrons. The van der Waals surface area contributed by atoms with Crippen molar-refractivity contribution < 1.29 is 38.0 Å². The second kappa shape index (κ2) is 5.69. The van der Waals surface area contributed by atoms with Crippen LogP contribution in [0, 0.1) is 0 Å². The Kier molecular flexibility index (Phi) is 4.13. The van der Waals surface area contributed by atoms with E-state index in [0.29, 0.717) is 0 Å². The zero-order chi connectivity index (χ0) is 18.6. The number of nitrogens with zero attached hydrogens (tertiary/aromatic N) is 4. The summed E-state index contributed by atoms with van der Waals surface area (Å²) in [5.41, 5.74) is 4.85. The third kappa shape index (κ3) is 2.92. The predicted molar refractivity (Wildman–Crippen MR) is 76.5 cm³/mol. The molecule has 0 amide bonds. The van der Waals surface area contributed by atoms with Crippen LogP contribution in [0.15, 0.2) is 15.0 Å². The van der Waals surface area contributed by atoms with Crippen LogP contribution >= 0.6 is 0 Å². The lowest BCUT2D eigenvalue weighted by Crippen LogP contribution is -2.61. The summed E-state index contributed by atoms with van der Waals surface area (Å²) in [6.45, 7) is 0.411. The Morgan fingerprint density at radius 1 is 1.52 bits per heavy atom. The average molecular weight is 367 g/mol. The number of aliphatic imine (C=N–C) groups is 3. The normalized spacial score (nSPS) is 41.0. The molecule has 0 saturated carbocycles. The topological polar surface area (TPSA) is 145 Å². The van der Waals surface area contributed by atoms with Crippen molar-refractivity contribution in [3.63, 3.8) is 0 Å². The highest BCUT2D eigenvalue weighted by Gasteiger charge is 2.64. The number of rotatable bonds is 3. The van der Waals surface area contributed by atoms with Gasteiger partial charge in [-0.2, -0.15) is 0 Å². The molecule has 1 fully saturated rings. The summed E-state index contributed by atoms with van der Waals surface area (Å²) in [6, 6.07) is 0. The van der Waals surface area contributed by atoms with Crippen LogP contribution in [-0.4, -0.2) is 87.6 Å². The lowest BCUT2D eigenvalue weighted by atomic mass is 10.0. The maximum absolute atomic E-state index is 12.7. The van der Waals surface area contributed by atoms with E-state index in [-0.39, 0.29) is 18.2 Å². The second-order valence-electron chi connectivity index (χ2n) is 5.92. The minimum Gasteiger partial charge on any atom is -0.394 e. The van der Waals surface area contributed by atoms with Gasteiger partial charge in [0.1, 0.15) is 30.9 Å². The Bertz CT molecular complexity index is 652. The van der Waals surface area contributed by atoms with Gasteiger partial charge in [-0.15, -0.1) is 13.2 Å². The molecule has 0 aliphatic carbocycles. The maximum Gasteiger partial charge on any atom is 0.525 e. The molecule has 0 bridgehead atoms. The van der Waals surface area contributed by atoms with Crippen molar-refractivity contribution in [3.8, 4) is 0 Å². The van der Waals surface area contributed by atoms with Crippen LogP contribution in [0.25, 0.3) is 0 Å². The van der Waals surface area contributed by atoms with Gasteiger partial charge in [0.25, 0.3) is 0 Å². The van der Waals surface area contributed by atoms with Crippen LogP contribution in [-0.2, 0) is 9.47 Å². The van der Waals surface area contributed by atoms with Crippen molar-refractivity contribution in [2.75, 3.05) is 13.3 Å². The van der Waals surface area contributed by atoms with E-state index < -0.39 is 42.9 Å². The summed E-state index contributed by atoms with van der Waals surface area (Å²) in [5, 5.41) is 29.6. The van der Waals surface area contributed by atoms with Crippen molar-refractivity contribution in [1.82, 2.24) is 4.90 Å². The number of amidine groups is 1. The third-order valence-corrected chi connectivity index (χ3v) is 4.03. The van der Waals surface area contributed by atoms with Gasteiger partial charge in [-0.1, -0.05) is 0 Å². The highest BCUT2D eigenvalue weighted by atomic mass is 19.4. The van der Waals surface area contributed by atoms with Crippen LogP contribution in [0.5, 0.6) is 0 Å². The van der Waals surface area contributed by atoms with E-state index in [1.165, 1.54) is 6.92 Å². The van der Waals surface area contributed by atoms with Gasteiger partial charge in [-0.05, 0) is 6.92 Å². The maximum atomic E-state index is 12.7. The number of nitrogens with two attached hydrogens (primary N) is 1. The molecular formula is C12H16F3N5O5. The van der Waals surface area contributed by atoms with Crippen molar-refractivity contribution in [3.05, 3.63) is 0 Å². The highest BCUT2D eigenvalue weighted by molar-refractivity contribution is 6.47. The fourth-order valence-electron chi connectivity index (χ4n) is 2.88. The van der Waals surface area contributed by atoms with Crippen LogP contribution in [0.1, 0.15) is 6.92 Å². The first kappa shape index (κ1) is 18.2. The number of fused-ring (bicyclic) bond motifs is 1. The number of aliphatic hydroxyl groups excluding tert-OH is 2. The van der Waals surface area contributed by atoms with E-state index in [1.807, 2.05) is 0 Å². The summed E-state index contributed by atoms with van der Waals surface area (Å²) in [5.74, 6) is -3.18. The molecule has 3 rings (SSSR count). The lowest BCUT2D eigenvalue weighted by molar-refractivity contribution is -0.433. The number of hydrogen-bond donors (Lipinski definition) is 4. The summed E-state index contributed by atoms with van der Waals surface area (Å²) in [6.07, 6.45) is -9.70. The summed E-state index contributed by atoms with van der Waals surface area (Å²) < 4.78 is 47.2. The van der Waals surface area contributed by atoms with Crippen molar-refractivity contribution in [2.24, 2.45) is 20.7 Å². The molecule has 0 radical (unpaired) electrons. The van der Waals surface area contributed by atoms with Gasteiger partial charge < -0.3 is 30.7 Å². The van der Waals surface area contributed by atoms with Crippen LogP contribution in [0.2, 0.25) is 0 Å². The van der Waals surface area contributed by atoms with Gasteiger partial charge in [0.05, 0.1) is 6.61 Å². The Balaban J connectivity index is 1.95. The van der Waals surface area contributed by atoms with Gasteiger partial charge in [0.2, 0.25) is 5.79 Å². The van der Waals surface area contributed by atoms with Crippen molar-refractivity contribution in [2.45, 2.75) is 43.2 Å². The van der Waals surface area contributed by atoms with Gasteiger partial charge in [-0.25, -0.2) is 9.98 Å². The molecule has 0 aromatic rings. The molecule has 5 N–H and O–H groups in total. The quantitative estimate of drug-likeness (QED) is 0.427. The van der Waals surface area contributed by atoms with E-state index in [2.05, 4.69) is 19.7 Å². The molecule has 10 nitrogen and oxygen atoms in total. The molecule has 5 atom stereocenters. The molecule has 25 heavy (non-hydrogen) atoms. The van der Waals surface area contributed by atoms with Crippen molar-refractivity contribution in [1.29, 1.82) is 0 Å². The van der Waals surface area contributed by atoms with E-state index in [9.17, 15) is 28.5 Å². The summed E-state index contributed by atoms with van der Waals surface area (Å²) in [4.78, 5) is 13.0. The first-order chi connectivity index (χ1) is 11.5.